The number of allylic oxidation sites excluding steroid dienone is 4. The van der Waals surface area contributed by atoms with E-state index in [1.807, 2.05) is 25.2 Å². The van der Waals surface area contributed by atoms with E-state index in [1.165, 1.54) is 0 Å². The van der Waals surface area contributed by atoms with Gasteiger partial charge in [-0.15, -0.1) is 0 Å². The van der Waals surface area contributed by atoms with E-state index in [1.54, 1.807) is 0 Å². The maximum Gasteiger partial charge on any atom is 0.117 e. The quantitative estimate of drug-likeness (QED) is 0.478. The van der Waals surface area contributed by atoms with Crippen LogP contribution in [0.2, 0.25) is 0 Å². The Labute approximate surface area is 81.2 Å². The summed E-state index contributed by atoms with van der Waals surface area (Å²) in [6, 6.07) is 2.22. The van der Waals surface area contributed by atoms with Gasteiger partial charge in [-0.1, -0.05) is 12.2 Å². The second-order valence-electron chi connectivity index (χ2n) is 2.68. The molecule has 0 saturated heterocycles. The molecule has 0 N–H and O–H groups in total. The lowest BCUT2D eigenvalue weighted by atomic mass is 10.3. The molecule has 0 rings (SSSR count). The Morgan fingerprint density at radius 1 is 1.38 bits per heavy atom. The molecule has 0 aliphatic heterocycles. The molecule has 0 unspecified atom stereocenters. The third-order valence-corrected chi connectivity index (χ3v) is 1.90. The number of hydrogen-bond acceptors (Lipinski definition) is 2. The minimum atomic E-state index is 0.781. The summed E-state index contributed by atoms with van der Waals surface area (Å²) >= 11 is 0. The zero-order chi connectivity index (χ0) is 10.1. The zero-order valence-corrected chi connectivity index (χ0v) is 8.75. The summed E-state index contributed by atoms with van der Waals surface area (Å²) in [5.74, 6) is 0. The van der Waals surface area contributed by atoms with E-state index < -0.39 is 0 Å². The maximum absolute atomic E-state index is 8.87. The molecule has 72 valence electrons. The molecule has 13 heavy (non-hydrogen) atoms. The summed E-state index contributed by atoms with van der Waals surface area (Å²) in [5.41, 5.74) is 0.781. The van der Waals surface area contributed by atoms with E-state index in [-0.39, 0.29) is 0 Å². The summed E-state index contributed by atoms with van der Waals surface area (Å²) in [7, 11) is 0. The molecule has 0 amide bonds. The molecule has 0 radical (unpaired) electrons. The van der Waals surface area contributed by atoms with Gasteiger partial charge in [0.15, 0.2) is 0 Å². The van der Waals surface area contributed by atoms with E-state index in [2.05, 4.69) is 24.8 Å². The fourth-order valence-corrected chi connectivity index (χ4v) is 1.13. The van der Waals surface area contributed by atoms with Crippen molar-refractivity contribution >= 4 is 0 Å². The van der Waals surface area contributed by atoms with Crippen LogP contribution < -0.4 is 0 Å². The first-order valence-electron chi connectivity index (χ1n) is 4.76. The van der Waals surface area contributed by atoms with Crippen LogP contribution in [0.15, 0.2) is 23.9 Å². The minimum absolute atomic E-state index is 0.781. The SMILES string of the molecule is C/C=C/C/C=C(\C#N)N(CC)CC. The highest BCUT2D eigenvalue weighted by Crippen LogP contribution is 2.03. The van der Waals surface area contributed by atoms with Gasteiger partial charge in [-0.3, -0.25) is 0 Å². The summed E-state index contributed by atoms with van der Waals surface area (Å²) < 4.78 is 0. The molecular formula is C11H18N2. The van der Waals surface area contributed by atoms with Crippen LogP contribution in [-0.2, 0) is 0 Å². The van der Waals surface area contributed by atoms with Gasteiger partial charge in [0.25, 0.3) is 0 Å². The molecule has 0 spiro atoms. The van der Waals surface area contributed by atoms with Crippen molar-refractivity contribution in [3.05, 3.63) is 23.9 Å². The predicted octanol–water partition coefficient (Wildman–Crippen LogP) is 2.70. The van der Waals surface area contributed by atoms with Gasteiger partial charge < -0.3 is 4.90 Å². The van der Waals surface area contributed by atoms with Crippen molar-refractivity contribution in [1.29, 1.82) is 5.26 Å². The Morgan fingerprint density at radius 2 is 2.00 bits per heavy atom. The van der Waals surface area contributed by atoms with Gasteiger partial charge in [-0.25, -0.2) is 0 Å². The molecule has 0 aliphatic rings. The van der Waals surface area contributed by atoms with Gasteiger partial charge in [0.05, 0.1) is 0 Å². The van der Waals surface area contributed by atoms with E-state index in [9.17, 15) is 0 Å². The van der Waals surface area contributed by atoms with Crippen molar-refractivity contribution in [1.82, 2.24) is 4.90 Å². The molecule has 0 aromatic rings. The highest BCUT2D eigenvalue weighted by atomic mass is 15.1. The normalized spacial score (nSPS) is 11.7. The zero-order valence-electron chi connectivity index (χ0n) is 8.75. The Morgan fingerprint density at radius 3 is 2.38 bits per heavy atom. The van der Waals surface area contributed by atoms with Crippen molar-refractivity contribution in [2.24, 2.45) is 0 Å². The summed E-state index contributed by atoms with van der Waals surface area (Å²) in [6.45, 7) is 7.89. The van der Waals surface area contributed by atoms with Crippen molar-refractivity contribution in [3.8, 4) is 6.07 Å². The van der Waals surface area contributed by atoms with Crippen LogP contribution in [0.5, 0.6) is 0 Å². The van der Waals surface area contributed by atoms with Gasteiger partial charge in [0.2, 0.25) is 0 Å². The fourth-order valence-electron chi connectivity index (χ4n) is 1.13. The highest BCUT2D eigenvalue weighted by molar-refractivity contribution is 5.20. The first-order valence-corrected chi connectivity index (χ1v) is 4.76. The Balaban J connectivity index is 4.31. The van der Waals surface area contributed by atoms with Gasteiger partial charge >= 0.3 is 0 Å². The summed E-state index contributed by atoms with van der Waals surface area (Å²) in [5, 5.41) is 8.87. The highest BCUT2D eigenvalue weighted by Gasteiger charge is 2.01. The van der Waals surface area contributed by atoms with Crippen molar-refractivity contribution < 1.29 is 0 Å². The van der Waals surface area contributed by atoms with E-state index in [0.717, 1.165) is 25.2 Å². The third-order valence-electron chi connectivity index (χ3n) is 1.90. The molecule has 0 aliphatic carbocycles. The lowest BCUT2D eigenvalue weighted by Crippen LogP contribution is -2.21. The molecule has 2 nitrogen and oxygen atoms in total. The smallest absolute Gasteiger partial charge is 0.117 e. The number of nitriles is 1. The summed E-state index contributed by atoms with van der Waals surface area (Å²) in [6.07, 6.45) is 6.84. The number of hydrogen-bond donors (Lipinski definition) is 0. The topological polar surface area (TPSA) is 27.0 Å². The van der Waals surface area contributed by atoms with Crippen LogP contribution in [-0.4, -0.2) is 18.0 Å². The van der Waals surface area contributed by atoms with Crippen molar-refractivity contribution in [2.75, 3.05) is 13.1 Å². The van der Waals surface area contributed by atoms with Crippen molar-refractivity contribution in [3.63, 3.8) is 0 Å². The minimum Gasteiger partial charge on any atom is -0.364 e. The number of nitrogens with zero attached hydrogens (tertiary/aromatic N) is 2. The lowest BCUT2D eigenvalue weighted by molar-refractivity contribution is 0.396. The third kappa shape index (κ3) is 4.37. The second-order valence-corrected chi connectivity index (χ2v) is 2.68. The summed E-state index contributed by atoms with van der Waals surface area (Å²) in [4.78, 5) is 2.06. The van der Waals surface area contributed by atoms with Crippen LogP contribution in [0.4, 0.5) is 0 Å². The van der Waals surface area contributed by atoms with Crippen LogP contribution in [0.1, 0.15) is 27.2 Å². The lowest BCUT2D eigenvalue weighted by Gasteiger charge is -2.18. The van der Waals surface area contributed by atoms with Crippen LogP contribution in [0.25, 0.3) is 0 Å². The second kappa shape index (κ2) is 7.42. The number of rotatable bonds is 5. The molecule has 0 aromatic carbocycles. The monoisotopic (exact) mass is 178 g/mol. The first-order chi connectivity index (χ1) is 6.29. The van der Waals surface area contributed by atoms with Crippen LogP contribution in [0.3, 0.4) is 0 Å². The molecule has 0 saturated carbocycles. The fraction of sp³-hybridized carbons (Fsp3) is 0.545. The molecule has 0 fully saturated rings. The van der Waals surface area contributed by atoms with E-state index in [0.29, 0.717) is 0 Å². The van der Waals surface area contributed by atoms with E-state index in [4.69, 9.17) is 5.26 Å². The average Bonchev–Trinajstić information content (AvgIpc) is 2.17. The molecule has 0 atom stereocenters. The van der Waals surface area contributed by atoms with Gasteiger partial charge in [-0.2, -0.15) is 5.26 Å². The maximum atomic E-state index is 8.87. The van der Waals surface area contributed by atoms with Crippen LogP contribution >= 0.6 is 0 Å². The average molecular weight is 178 g/mol. The molecule has 0 aromatic heterocycles. The Bertz CT molecular complexity index is 217. The van der Waals surface area contributed by atoms with Gasteiger partial charge in [0, 0.05) is 13.1 Å². The van der Waals surface area contributed by atoms with E-state index >= 15 is 0 Å². The predicted molar refractivity (Wildman–Crippen MR) is 56.0 cm³/mol. The standard InChI is InChI=1S/C11H18N2/c1-4-7-8-9-11(10-12)13(5-2)6-3/h4,7,9H,5-6,8H2,1-3H3/b7-4+,11-9+. The van der Waals surface area contributed by atoms with Crippen LogP contribution in [0, 0.1) is 11.3 Å². The molecular weight excluding hydrogens is 160 g/mol. The van der Waals surface area contributed by atoms with Crippen molar-refractivity contribution in [2.45, 2.75) is 27.2 Å². The first kappa shape index (κ1) is 11.8. The Kier molecular flexibility index (Phi) is 6.72. The largest absolute Gasteiger partial charge is 0.364 e. The molecule has 0 bridgehead atoms. The molecule has 2 heteroatoms. The Hall–Kier alpha value is -1.23. The molecule has 0 heterocycles. The van der Waals surface area contributed by atoms with Gasteiger partial charge in [-0.05, 0) is 33.3 Å². The van der Waals surface area contributed by atoms with Gasteiger partial charge in [0.1, 0.15) is 11.8 Å².